The van der Waals surface area contributed by atoms with Gasteiger partial charge in [0.15, 0.2) is 0 Å². The third kappa shape index (κ3) is 2.42. The Balaban J connectivity index is 2.37. The molecule has 0 saturated carbocycles. The lowest BCUT2D eigenvalue weighted by atomic mass is 10.1. The molecule has 0 radical (unpaired) electrons. The number of nitrogens with zero attached hydrogens (tertiary/aromatic N) is 2. The molecule has 0 saturated heterocycles. The molecule has 0 aliphatic heterocycles. The molecule has 1 heterocycles. The third-order valence-corrected chi connectivity index (χ3v) is 2.49. The first kappa shape index (κ1) is 12.3. The molecule has 0 amide bonds. The molecule has 6 heteroatoms. The molecule has 0 aliphatic rings. The molecule has 2 N–H and O–H groups in total. The van der Waals surface area contributed by atoms with Crippen LogP contribution in [0.1, 0.15) is 11.3 Å². The zero-order chi connectivity index (χ0) is 13.3. The maximum Gasteiger partial charge on any atom is 0.416 e. The number of aromatic nitrogens is 2. The Morgan fingerprint density at radius 2 is 1.72 bits per heavy atom. The van der Waals surface area contributed by atoms with E-state index in [2.05, 4.69) is 9.97 Å². The fourth-order valence-electron chi connectivity index (χ4n) is 1.46. The summed E-state index contributed by atoms with van der Waals surface area (Å²) in [5.41, 5.74) is 6.45. The lowest BCUT2D eigenvalue weighted by Gasteiger charge is -2.08. The second-order valence-electron chi connectivity index (χ2n) is 3.80. The number of aryl methyl sites for hydroxylation is 1. The van der Waals surface area contributed by atoms with E-state index < -0.39 is 11.7 Å². The van der Waals surface area contributed by atoms with Crippen LogP contribution < -0.4 is 5.73 Å². The van der Waals surface area contributed by atoms with Crippen molar-refractivity contribution in [1.82, 2.24) is 9.97 Å². The molecule has 18 heavy (non-hydrogen) atoms. The molecule has 0 fully saturated rings. The number of hydrogen-bond acceptors (Lipinski definition) is 3. The van der Waals surface area contributed by atoms with Crippen molar-refractivity contribution in [3.8, 4) is 11.3 Å². The van der Waals surface area contributed by atoms with Gasteiger partial charge in [0, 0.05) is 5.56 Å². The molecule has 3 nitrogen and oxygen atoms in total. The van der Waals surface area contributed by atoms with Gasteiger partial charge in [-0.3, -0.25) is 0 Å². The van der Waals surface area contributed by atoms with Gasteiger partial charge < -0.3 is 5.73 Å². The highest BCUT2D eigenvalue weighted by Crippen LogP contribution is 2.30. The largest absolute Gasteiger partial charge is 0.416 e. The Kier molecular flexibility index (Phi) is 2.94. The number of alkyl halides is 3. The second-order valence-corrected chi connectivity index (χ2v) is 3.80. The van der Waals surface area contributed by atoms with Gasteiger partial charge in [0.05, 0.1) is 23.1 Å². The van der Waals surface area contributed by atoms with Crippen LogP contribution in [-0.4, -0.2) is 9.97 Å². The fourth-order valence-corrected chi connectivity index (χ4v) is 1.46. The van der Waals surface area contributed by atoms with Gasteiger partial charge in [-0.15, -0.1) is 0 Å². The third-order valence-electron chi connectivity index (χ3n) is 2.49. The Labute approximate surface area is 101 Å². The minimum absolute atomic E-state index is 0.311. The van der Waals surface area contributed by atoms with Gasteiger partial charge in [-0.1, -0.05) is 12.1 Å². The minimum atomic E-state index is -4.33. The summed E-state index contributed by atoms with van der Waals surface area (Å²) in [5, 5.41) is 0. The number of anilines is 1. The predicted molar refractivity (Wildman–Crippen MR) is 61.6 cm³/mol. The van der Waals surface area contributed by atoms with Crippen molar-refractivity contribution in [3.63, 3.8) is 0 Å². The van der Waals surface area contributed by atoms with E-state index in [1.54, 1.807) is 6.92 Å². The van der Waals surface area contributed by atoms with Gasteiger partial charge >= 0.3 is 6.18 Å². The van der Waals surface area contributed by atoms with Crippen LogP contribution in [0.4, 0.5) is 19.0 Å². The van der Waals surface area contributed by atoms with Crippen LogP contribution in [0.25, 0.3) is 11.3 Å². The molecule has 94 valence electrons. The zero-order valence-electron chi connectivity index (χ0n) is 9.49. The lowest BCUT2D eigenvalue weighted by Crippen LogP contribution is -2.04. The minimum Gasteiger partial charge on any atom is -0.382 e. The van der Waals surface area contributed by atoms with Gasteiger partial charge in [-0.25, -0.2) is 9.97 Å². The van der Waals surface area contributed by atoms with E-state index in [-0.39, 0.29) is 0 Å². The SMILES string of the molecule is Cc1nc(-c2ccc(C(F)(F)F)cc2)cnc1N. The van der Waals surface area contributed by atoms with E-state index in [9.17, 15) is 13.2 Å². The van der Waals surface area contributed by atoms with Crippen LogP contribution in [0.3, 0.4) is 0 Å². The maximum atomic E-state index is 12.4. The Hall–Kier alpha value is -2.11. The van der Waals surface area contributed by atoms with Crippen molar-refractivity contribution < 1.29 is 13.2 Å². The average Bonchev–Trinajstić information content (AvgIpc) is 2.32. The van der Waals surface area contributed by atoms with Gasteiger partial charge in [-0.05, 0) is 19.1 Å². The van der Waals surface area contributed by atoms with E-state index in [0.717, 1.165) is 12.1 Å². The van der Waals surface area contributed by atoms with Crippen molar-refractivity contribution >= 4 is 5.82 Å². The van der Waals surface area contributed by atoms with Gasteiger partial charge in [0.1, 0.15) is 5.82 Å². The highest BCUT2D eigenvalue weighted by atomic mass is 19.4. The van der Waals surface area contributed by atoms with Gasteiger partial charge in [0.2, 0.25) is 0 Å². The molecule has 1 aromatic carbocycles. The summed E-state index contributed by atoms with van der Waals surface area (Å²) in [5.74, 6) is 0.311. The summed E-state index contributed by atoms with van der Waals surface area (Å²) >= 11 is 0. The van der Waals surface area contributed by atoms with Crippen molar-refractivity contribution in [1.29, 1.82) is 0 Å². The Morgan fingerprint density at radius 3 is 2.22 bits per heavy atom. The summed E-state index contributed by atoms with van der Waals surface area (Å²) in [7, 11) is 0. The lowest BCUT2D eigenvalue weighted by molar-refractivity contribution is -0.137. The summed E-state index contributed by atoms with van der Waals surface area (Å²) in [4.78, 5) is 8.09. The summed E-state index contributed by atoms with van der Waals surface area (Å²) in [6.45, 7) is 1.69. The van der Waals surface area contributed by atoms with Crippen LogP contribution in [0.2, 0.25) is 0 Å². The fraction of sp³-hybridized carbons (Fsp3) is 0.167. The molecule has 2 aromatic rings. The molecular formula is C12H10F3N3. The highest BCUT2D eigenvalue weighted by molar-refractivity contribution is 5.60. The van der Waals surface area contributed by atoms with Crippen molar-refractivity contribution in [2.24, 2.45) is 0 Å². The van der Waals surface area contributed by atoms with E-state index in [4.69, 9.17) is 5.73 Å². The van der Waals surface area contributed by atoms with Crippen LogP contribution in [0.15, 0.2) is 30.5 Å². The Morgan fingerprint density at radius 1 is 1.11 bits per heavy atom. The smallest absolute Gasteiger partial charge is 0.382 e. The van der Waals surface area contributed by atoms with E-state index in [1.165, 1.54) is 18.3 Å². The first-order valence-electron chi connectivity index (χ1n) is 5.14. The molecule has 2 rings (SSSR count). The van der Waals surface area contributed by atoms with Crippen molar-refractivity contribution in [2.75, 3.05) is 5.73 Å². The summed E-state index contributed by atoms with van der Waals surface area (Å²) < 4.78 is 37.2. The average molecular weight is 253 g/mol. The zero-order valence-corrected chi connectivity index (χ0v) is 9.49. The van der Waals surface area contributed by atoms with Gasteiger partial charge in [-0.2, -0.15) is 13.2 Å². The Bertz CT molecular complexity index is 562. The van der Waals surface area contributed by atoms with Crippen LogP contribution in [-0.2, 0) is 6.18 Å². The molecule has 1 aromatic heterocycles. The molecule has 0 bridgehead atoms. The van der Waals surface area contributed by atoms with E-state index in [0.29, 0.717) is 22.8 Å². The number of halogens is 3. The van der Waals surface area contributed by atoms with Crippen LogP contribution >= 0.6 is 0 Å². The van der Waals surface area contributed by atoms with E-state index in [1.807, 2.05) is 0 Å². The van der Waals surface area contributed by atoms with Crippen molar-refractivity contribution in [2.45, 2.75) is 13.1 Å². The standard InChI is InChI=1S/C12H10F3N3/c1-7-11(16)17-6-10(18-7)8-2-4-9(5-3-8)12(13,14)15/h2-6H,1H3,(H2,16,17). The number of rotatable bonds is 1. The predicted octanol–water partition coefficient (Wildman–Crippen LogP) is 3.05. The normalized spacial score (nSPS) is 11.6. The summed E-state index contributed by atoms with van der Waals surface area (Å²) in [6, 6.07) is 4.76. The summed E-state index contributed by atoms with van der Waals surface area (Å²) in [6.07, 6.45) is -2.90. The quantitative estimate of drug-likeness (QED) is 0.849. The second kappa shape index (κ2) is 4.29. The number of nitrogens with two attached hydrogens (primary N) is 1. The molecule has 0 aliphatic carbocycles. The highest BCUT2D eigenvalue weighted by Gasteiger charge is 2.29. The molecule has 0 atom stereocenters. The van der Waals surface area contributed by atoms with Crippen LogP contribution in [0.5, 0.6) is 0 Å². The van der Waals surface area contributed by atoms with Gasteiger partial charge in [0.25, 0.3) is 0 Å². The molecule has 0 unspecified atom stereocenters. The number of nitrogen functional groups attached to an aromatic ring is 1. The first-order valence-corrected chi connectivity index (χ1v) is 5.14. The first-order chi connectivity index (χ1) is 8.38. The molecular weight excluding hydrogens is 243 g/mol. The van der Waals surface area contributed by atoms with E-state index >= 15 is 0 Å². The van der Waals surface area contributed by atoms with Crippen molar-refractivity contribution in [3.05, 3.63) is 41.7 Å². The maximum absolute atomic E-state index is 12.4. The monoisotopic (exact) mass is 253 g/mol. The van der Waals surface area contributed by atoms with Crippen LogP contribution in [0, 0.1) is 6.92 Å². The number of hydrogen-bond donors (Lipinski definition) is 1. The number of benzene rings is 1. The molecule has 0 spiro atoms. The topological polar surface area (TPSA) is 51.8 Å².